The lowest BCUT2D eigenvalue weighted by molar-refractivity contribution is 0.598. The van der Waals surface area contributed by atoms with Crippen molar-refractivity contribution in [1.82, 2.24) is 9.55 Å². The average Bonchev–Trinajstić information content (AvgIpc) is 2.76. The predicted molar refractivity (Wildman–Crippen MR) is 74.2 cm³/mol. The first-order chi connectivity index (χ1) is 8.92. The van der Waals surface area contributed by atoms with Crippen LogP contribution in [-0.2, 0) is 23.5 Å². The Balaban J connectivity index is 2.28. The van der Waals surface area contributed by atoms with Crippen LogP contribution in [0.3, 0.4) is 0 Å². The number of benzene rings is 1. The van der Waals surface area contributed by atoms with Crippen molar-refractivity contribution in [2.24, 2.45) is 7.05 Å². The van der Waals surface area contributed by atoms with E-state index >= 15 is 0 Å². The summed E-state index contributed by atoms with van der Waals surface area (Å²) < 4.78 is 28.1. The first-order valence-electron chi connectivity index (χ1n) is 5.81. The van der Waals surface area contributed by atoms with E-state index in [2.05, 4.69) is 9.71 Å². The summed E-state index contributed by atoms with van der Waals surface area (Å²) in [5.74, 6) is 0. The maximum absolute atomic E-state index is 12.1. The fraction of sp³-hybridized carbons (Fsp3) is 0.250. The van der Waals surface area contributed by atoms with Crippen LogP contribution >= 0.6 is 0 Å². The van der Waals surface area contributed by atoms with Crippen molar-refractivity contribution in [2.75, 3.05) is 10.5 Å². The molecule has 6 nitrogen and oxygen atoms in total. The number of rotatable bonds is 4. The van der Waals surface area contributed by atoms with Crippen LogP contribution in [0.1, 0.15) is 12.5 Å². The molecule has 0 amide bonds. The van der Waals surface area contributed by atoms with E-state index in [4.69, 9.17) is 5.73 Å². The average molecular weight is 280 g/mol. The summed E-state index contributed by atoms with van der Waals surface area (Å²) in [5.41, 5.74) is 7.83. The van der Waals surface area contributed by atoms with Crippen molar-refractivity contribution in [3.8, 4) is 0 Å². The predicted octanol–water partition coefficient (Wildman–Crippen LogP) is 1.37. The number of nitrogen functional groups attached to an aromatic ring is 1. The molecule has 0 aliphatic heterocycles. The van der Waals surface area contributed by atoms with E-state index < -0.39 is 10.0 Å². The number of nitrogens with two attached hydrogens (primary N) is 1. The summed E-state index contributed by atoms with van der Waals surface area (Å²) in [4.78, 5) is 3.82. The Morgan fingerprint density at radius 3 is 2.68 bits per heavy atom. The van der Waals surface area contributed by atoms with Crippen LogP contribution < -0.4 is 10.5 Å². The van der Waals surface area contributed by atoms with E-state index in [-0.39, 0.29) is 5.03 Å². The zero-order valence-electron chi connectivity index (χ0n) is 10.8. The molecule has 7 heteroatoms. The van der Waals surface area contributed by atoms with Crippen LogP contribution in [0.4, 0.5) is 11.4 Å². The molecule has 2 rings (SSSR count). The van der Waals surface area contributed by atoms with E-state index in [1.54, 1.807) is 23.7 Å². The third-order valence-corrected chi connectivity index (χ3v) is 4.00. The monoisotopic (exact) mass is 280 g/mol. The maximum atomic E-state index is 12.1. The summed E-state index contributed by atoms with van der Waals surface area (Å²) in [6, 6.07) is 5.11. The summed E-state index contributed by atoms with van der Waals surface area (Å²) in [7, 11) is -1.96. The molecule has 2 aromatic rings. The van der Waals surface area contributed by atoms with Crippen molar-refractivity contribution in [3.63, 3.8) is 0 Å². The van der Waals surface area contributed by atoms with Crippen molar-refractivity contribution < 1.29 is 8.42 Å². The minimum Gasteiger partial charge on any atom is -0.398 e. The molecule has 3 N–H and O–H groups in total. The second-order valence-corrected chi connectivity index (χ2v) is 5.88. The van der Waals surface area contributed by atoms with Crippen molar-refractivity contribution >= 4 is 21.4 Å². The number of hydrogen-bond donors (Lipinski definition) is 2. The number of nitrogens with one attached hydrogen (secondary N) is 1. The summed E-state index contributed by atoms with van der Waals surface area (Å²) in [6.07, 6.45) is 3.67. The molecule has 0 spiro atoms. The van der Waals surface area contributed by atoms with E-state index in [0.29, 0.717) is 11.4 Å². The fourth-order valence-electron chi connectivity index (χ4n) is 1.72. The first kappa shape index (κ1) is 13.4. The SMILES string of the molecule is CCc1ccc(NS(=O)(=O)c2cn(C)cn2)cc1N. The highest BCUT2D eigenvalue weighted by Gasteiger charge is 2.17. The Kier molecular flexibility index (Phi) is 3.48. The van der Waals surface area contributed by atoms with Crippen molar-refractivity contribution in [3.05, 3.63) is 36.3 Å². The summed E-state index contributed by atoms with van der Waals surface area (Å²) in [5, 5.41) is -0.0202. The Morgan fingerprint density at radius 1 is 1.42 bits per heavy atom. The number of aromatic nitrogens is 2. The van der Waals surface area contributed by atoms with Gasteiger partial charge in [-0.2, -0.15) is 8.42 Å². The van der Waals surface area contributed by atoms with Crippen LogP contribution in [0.25, 0.3) is 0 Å². The van der Waals surface area contributed by atoms with Gasteiger partial charge in [0.2, 0.25) is 0 Å². The van der Waals surface area contributed by atoms with E-state index in [9.17, 15) is 8.42 Å². The highest BCUT2D eigenvalue weighted by molar-refractivity contribution is 7.92. The Bertz CT molecular complexity index is 692. The molecule has 0 aliphatic rings. The summed E-state index contributed by atoms with van der Waals surface area (Å²) in [6.45, 7) is 1.99. The number of imidazole rings is 1. The molecule has 19 heavy (non-hydrogen) atoms. The van der Waals surface area contributed by atoms with Crippen molar-refractivity contribution in [1.29, 1.82) is 0 Å². The van der Waals surface area contributed by atoms with Crippen molar-refractivity contribution in [2.45, 2.75) is 18.4 Å². The maximum Gasteiger partial charge on any atom is 0.280 e. The molecule has 0 saturated heterocycles. The number of sulfonamides is 1. The normalized spacial score (nSPS) is 11.5. The largest absolute Gasteiger partial charge is 0.398 e. The second kappa shape index (κ2) is 4.93. The number of hydrogen-bond acceptors (Lipinski definition) is 4. The smallest absolute Gasteiger partial charge is 0.280 e. The molecule has 1 aromatic heterocycles. The molecule has 0 aliphatic carbocycles. The van der Waals surface area contributed by atoms with Gasteiger partial charge >= 0.3 is 0 Å². The quantitative estimate of drug-likeness (QED) is 0.828. The lowest BCUT2D eigenvalue weighted by Gasteiger charge is -2.08. The van der Waals surface area contributed by atoms with Gasteiger partial charge in [0.25, 0.3) is 10.0 Å². The molecular weight excluding hydrogens is 264 g/mol. The van der Waals surface area contributed by atoms with Crippen LogP contribution in [0.2, 0.25) is 0 Å². The lowest BCUT2D eigenvalue weighted by atomic mass is 10.1. The fourth-order valence-corrected chi connectivity index (χ4v) is 2.75. The van der Waals surface area contributed by atoms with E-state index in [1.165, 1.54) is 12.5 Å². The number of nitrogens with zero attached hydrogens (tertiary/aromatic N) is 2. The zero-order chi connectivity index (χ0) is 14.0. The molecule has 0 atom stereocenters. The molecule has 0 saturated carbocycles. The first-order valence-corrected chi connectivity index (χ1v) is 7.30. The second-order valence-electron chi connectivity index (χ2n) is 4.25. The highest BCUT2D eigenvalue weighted by Crippen LogP contribution is 2.20. The van der Waals surface area contributed by atoms with E-state index in [0.717, 1.165) is 12.0 Å². The topological polar surface area (TPSA) is 90.0 Å². The zero-order valence-corrected chi connectivity index (χ0v) is 11.6. The molecule has 0 fully saturated rings. The standard InChI is InChI=1S/C12H16N4O2S/c1-3-9-4-5-10(6-11(9)13)15-19(17,18)12-7-16(2)8-14-12/h4-8,15H,3,13H2,1-2H3. The van der Waals surface area contributed by atoms with Gasteiger partial charge < -0.3 is 10.3 Å². The van der Waals surface area contributed by atoms with Gasteiger partial charge in [-0.3, -0.25) is 4.72 Å². The van der Waals surface area contributed by atoms with Crippen LogP contribution in [0.15, 0.2) is 35.7 Å². The lowest BCUT2D eigenvalue weighted by Crippen LogP contribution is -2.13. The molecule has 1 aromatic carbocycles. The minimum absolute atomic E-state index is 0.0202. The van der Waals surface area contributed by atoms with Gasteiger partial charge in [0.05, 0.1) is 12.0 Å². The van der Waals surface area contributed by atoms with Gasteiger partial charge in [-0.05, 0) is 24.1 Å². The Labute approximate surface area is 112 Å². The minimum atomic E-state index is -3.67. The van der Waals surface area contributed by atoms with Crippen LogP contribution in [0, 0.1) is 0 Å². The molecule has 0 bridgehead atoms. The molecule has 1 heterocycles. The number of aryl methyl sites for hydroxylation is 2. The number of anilines is 2. The van der Waals surface area contributed by atoms with Gasteiger partial charge in [0.15, 0.2) is 5.03 Å². The van der Waals surface area contributed by atoms with Gasteiger partial charge in [-0.1, -0.05) is 13.0 Å². The summed E-state index contributed by atoms with van der Waals surface area (Å²) >= 11 is 0. The Morgan fingerprint density at radius 2 is 2.16 bits per heavy atom. The van der Waals surface area contributed by atoms with Gasteiger partial charge in [0.1, 0.15) is 0 Å². The van der Waals surface area contributed by atoms with Gasteiger partial charge in [-0.25, -0.2) is 4.98 Å². The molecule has 0 radical (unpaired) electrons. The molecule has 0 unspecified atom stereocenters. The third kappa shape index (κ3) is 2.87. The van der Waals surface area contributed by atoms with E-state index in [1.807, 2.05) is 13.0 Å². The molecule has 102 valence electrons. The highest BCUT2D eigenvalue weighted by atomic mass is 32.2. The third-order valence-electron chi connectivity index (χ3n) is 2.74. The van der Waals surface area contributed by atoms with Gasteiger partial charge in [-0.15, -0.1) is 0 Å². The Hall–Kier alpha value is -2.02. The van der Waals surface area contributed by atoms with Crippen LogP contribution in [0.5, 0.6) is 0 Å². The van der Waals surface area contributed by atoms with Gasteiger partial charge in [0, 0.05) is 18.9 Å². The van der Waals surface area contributed by atoms with Crippen LogP contribution in [-0.4, -0.2) is 18.0 Å². The molecular formula is C12H16N4O2S.